The molecular weight excluding hydrogens is 396 g/mol. The summed E-state index contributed by atoms with van der Waals surface area (Å²) in [6, 6.07) is 15.2. The quantitative estimate of drug-likeness (QED) is 0.657. The normalized spacial score (nSPS) is 16.5. The van der Waals surface area contributed by atoms with Crippen LogP contribution < -0.4 is 9.47 Å². The molecule has 1 aliphatic heterocycles. The highest BCUT2D eigenvalue weighted by molar-refractivity contribution is 5.77. The van der Waals surface area contributed by atoms with Crippen LogP contribution in [-0.2, 0) is 11.3 Å². The monoisotopic (exact) mass is 426 g/mol. The fourth-order valence-corrected chi connectivity index (χ4v) is 3.42. The summed E-state index contributed by atoms with van der Waals surface area (Å²) in [5.41, 5.74) is 1.03. The highest BCUT2D eigenvalue weighted by atomic mass is 16.5. The van der Waals surface area contributed by atoms with Gasteiger partial charge in [0.05, 0.1) is 12.6 Å². The molecule has 1 unspecified atom stereocenters. The molecule has 1 aliphatic rings. The summed E-state index contributed by atoms with van der Waals surface area (Å²) in [7, 11) is 1.83. The molecule has 3 rings (SSSR count). The summed E-state index contributed by atoms with van der Waals surface area (Å²) in [6.45, 7) is 6.80. The number of urea groups is 1. The number of hydrogen-bond acceptors (Lipinski definition) is 4. The number of carbonyl (C=O) groups is 2. The molecule has 7 heteroatoms. The van der Waals surface area contributed by atoms with E-state index in [4.69, 9.17) is 14.6 Å². The number of carboxylic acid groups (broad SMARTS) is 1. The van der Waals surface area contributed by atoms with Crippen molar-refractivity contribution in [3.63, 3.8) is 0 Å². The minimum atomic E-state index is -1.30. The number of carboxylic acids is 1. The first-order chi connectivity index (χ1) is 14.7. The molecule has 0 aliphatic carbocycles. The van der Waals surface area contributed by atoms with Crippen LogP contribution >= 0.6 is 0 Å². The van der Waals surface area contributed by atoms with Crippen LogP contribution in [-0.4, -0.2) is 58.7 Å². The number of amides is 2. The summed E-state index contributed by atoms with van der Waals surface area (Å²) >= 11 is 0. The van der Waals surface area contributed by atoms with Crippen molar-refractivity contribution in [1.29, 1.82) is 0 Å². The van der Waals surface area contributed by atoms with Crippen molar-refractivity contribution in [2.24, 2.45) is 0 Å². The predicted octanol–water partition coefficient (Wildman–Crippen LogP) is 3.94. The largest absolute Gasteiger partial charge is 0.494 e. The Morgan fingerprint density at radius 3 is 2.32 bits per heavy atom. The number of aliphatic carboxylic acids is 1. The molecule has 0 saturated carbocycles. The van der Waals surface area contributed by atoms with Gasteiger partial charge in [0, 0.05) is 26.6 Å². The molecule has 0 aromatic heterocycles. The molecule has 1 N–H and O–H groups in total. The highest BCUT2D eigenvalue weighted by Gasteiger charge is 2.34. The van der Waals surface area contributed by atoms with Gasteiger partial charge in [0.25, 0.3) is 0 Å². The minimum Gasteiger partial charge on any atom is -0.494 e. The standard InChI is InChI=1S/C24H30N2O5/c1-17-5-7-18(8-6-17)15-26-16-19(25(4)23(26)29)13-14-30-20-9-11-21(12-10-20)31-24(2,3)22(27)28/h5-12,19H,13-16H2,1-4H3,(H,27,28). The Morgan fingerprint density at radius 1 is 1.10 bits per heavy atom. The molecule has 166 valence electrons. The molecule has 0 spiro atoms. The average molecular weight is 427 g/mol. The fraction of sp³-hybridized carbons (Fsp3) is 0.417. The molecule has 0 radical (unpaired) electrons. The van der Waals surface area contributed by atoms with E-state index in [9.17, 15) is 9.59 Å². The second-order valence-electron chi connectivity index (χ2n) is 8.44. The lowest BCUT2D eigenvalue weighted by Crippen LogP contribution is -2.37. The lowest BCUT2D eigenvalue weighted by Gasteiger charge is -2.21. The Balaban J connectivity index is 1.48. The number of nitrogens with zero attached hydrogens (tertiary/aromatic N) is 2. The van der Waals surface area contributed by atoms with E-state index in [1.54, 1.807) is 29.2 Å². The fourth-order valence-electron chi connectivity index (χ4n) is 3.42. The summed E-state index contributed by atoms with van der Waals surface area (Å²) < 4.78 is 11.3. The zero-order valence-electron chi connectivity index (χ0n) is 18.5. The van der Waals surface area contributed by atoms with Gasteiger partial charge in [0.1, 0.15) is 11.5 Å². The molecule has 1 fully saturated rings. The van der Waals surface area contributed by atoms with E-state index in [0.29, 0.717) is 31.2 Å². The number of hydrogen-bond donors (Lipinski definition) is 1. The third kappa shape index (κ3) is 5.69. The zero-order valence-corrected chi connectivity index (χ0v) is 18.5. The molecule has 2 aromatic rings. The Kier molecular flexibility index (Phi) is 6.73. The Morgan fingerprint density at radius 2 is 1.71 bits per heavy atom. The molecule has 1 atom stereocenters. The van der Waals surface area contributed by atoms with E-state index in [2.05, 4.69) is 24.3 Å². The van der Waals surface area contributed by atoms with Gasteiger partial charge in [-0.3, -0.25) is 0 Å². The van der Waals surface area contributed by atoms with Gasteiger partial charge in [0.15, 0.2) is 5.60 Å². The van der Waals surface area contributed by atoms with E-state index in [1.165, 1.54) is 19.4 Å². The smallest absolute Gasteiger partial charge is 0.347 e. The van der Waals surface area contributed by atoms with Gasteiger partial charge in [-0.05, 0) is 50.6 Å². The predicted molar refractivity (Wildman–Crippen MR) is 117 cm³/mol. The van der Waals surface area contributed by atoms with Crippen LogP contribution in [0.3, 0.4) is 0 Å². The number of aryl methyl sites for hydroxylation is 1. The first kappa shape index (κ1) is 22.5. The zero-order chi connectivity index (χ0) is 22.6. The van der Waals surface area contributed by atoms with Crippen LogP contribution in [0.25, 0.3) is 0 Å². The first-order valence-electron chi connectivity index (χ1n) is 10.4. The van der Waals surface area contributed by atoms with Crippen LogP contribution in [0.15, 0.2) is 48.5 Å². The average Bonchev–Trinajstić information content (AvgIpc) is 2.98. The minimum absolute atomic E-state index is 0.0353. The Bertz CT molecular complexity index is 909. The third-order valence-corrected chi connectivity index (χ3v) is 5.48. The number of carbonyl (C=O) groups excluding carboxylic acids is 1. The lowest BCUT2D eigenvalue weighted by molar-refractivity contribution is -0.152. The van der Waals surface area contributed by atoms with E-state index < -0.39 is 11.6 Å². The van der Waals surface area contributed by atoms with Gasteiger partial charge in [-0.15, -0.1) is 0 Å². The van der Waals surface area contributed by atoms with Crippen molar-refractivity contribution in [2.45, 2.75) is 45.4 Å². The van der Waals surface area contributed by atoms with Crippen LogP contribution in [0.1, 0.15) is 31.4 Å². The topological polar surface area (TPSA) is 79.3 Å². The summed E-state index contributed by atoms with van der Waals surface area (Å²) in [5, 5.41) is 9.15. The van der Waals surface area contributed by atoms with Crippen LogP contribution in [0, 0.1) is 6.92 Å². The maximum absolute atomic E-state index is 12.6. The van der Waals surface area contributed by atoms with Gasteiger partial charge in [-0.25, -0.2) is 9.59 Å². The van der Waals surface area contributed by atoms with E-state index in [-0.39, 0.29) is 12.1 Å². The van der Waals surface area contributed by atoms with Gasteiger partial charge in [0.2, 0.25) is 0 Å². The molecule has 1 heterocycles. The van der Waals surface area contributed by atoms with E-state index in [0.717, 1.165) is 12.0 Å². The van der Waals surface area contributed by atoms with Crippen molar-refractivity contribution >= 4 is 12.0 Å². The lowest BCUT2D eigenvalue weighted by atomic mass is 10.1. The molecule has 31 heavy (non-hydrogen) atoms. The number of rotatable bonds is 9. The molecule has 2 aromatic carbocycles. The SMILES string of the molecule is Cc1ccc(CN2CC(CCOc3ccc(OC(C)(C)C(=O)O)cc3)N(C)C2=O)cc1. The van der Waals surface area contributed by atoms with Crippen molar-refractivity contribution in [1.82, 2.24) is 9.80 Å². The highest BCUT2D eigenvalue weighted by Crippen LogP contribution is 2.23. The molecule has 2 amide bonds. The number of benzene rings is 2. The molecular formula is C24H30N2O5. The van der Waals surface area contributed by atoms with Crippen molar-refractivity contribution in [2.75, 3.05) is 20.2 Å². The molecule has 0 bridgehead atoms. The van der Waals surface area contributed by atoms with Crippen LogP contribution in [0.4, 0.5) is 4.79 Å². The number of likely N-dealkylation sites (N-methyl/N-ethyl adjacent to an activating group) is 1. The van der Waals surface area contributed by atoms with Crippen molar-refractivity contribution < 1.29 is 24.2 Å². The van der Waals surface area contributed by atoms with Gasteiger partial charge >= 0.3 is 12.0 Å². The third-order valence-electron chi connectivity index (χ3n) is 5.48. The number of ether oxygens (including phenoxy) is 2. The molecule has 7 nitrogen and oxygen atoms in total. The second-order valence-corrected chi connectivity index (χ2v) is 8.44. The van der Waals surface area contributed by atoms with E-state index >= 15 is 0 Å². The summed E-state index contributed by atoms with van der Waals surface area (Å²) in [4.78, 5) is 27.4. The first-order valence-corrected chi connectivity index (χ1v) is 10.4. The Labute approximate surface area is 183 Å². The maximum Gasteiger partial charge on any atom is 0.347 e. The maximum atomic E-state index is 12.6. The van der Waals surface area contributed by atoms with Crippen LogP contribution in [0.2, 0.25) is 0 Å². The second kappa shape index (κ2) is 9.29. The summed E-state index contributed by atoms with van der Waals surface area (Å²) in [6.07, 6.45) is 0.719. The van der Waals surface area contributed by atoms with Gasteiger partial charge in [-0.1, -0.05) is 29.8 Å². The molecule has 1 saturated heterocycles. The van der Waals surface area contributed by atoms with Crippen molar-refractivity contribution in [3.8, 4) is 11.5 Å². The van der Waals surface area contributed by atoms with Crippen molar-refractivity contribution in [3.05, 3.63) is 59.7 Å². The van der Waals surface area contributed by atoms with Crippen LogP contribution in [0.5, 0.6) is 11.5 Å². The Hall–Kier alpha value is -3.22. The van der Waals surface area contributed by atoms with Gasteiger partial charge < -0.3 is 24.4 Å². The summed E-state index contributed by atoms with van der Waals surface area (Å²) in [5.74, 6) is 0.107. The van der Waals surface area contributed by atoms with Gasteiger partial charge in [-0.2, -0.15) is 0 Å². The van der Waals surface area contributed by atoms with E-state index in [1.807, 2.05) is 18.9 Å².